The molecule has 0 amide bonds. The number of rotatable bonds is 3. The quantitative estimate of drug-likeness (QED) is 0.483. The van der Waals surface area contributed by atoms with Gasteiger partial charge in [0.25, 0.3) is 0 Å². The Balaban J connectivity index is 1.73. The van der Waals surface area contributed by atoms with E-state index in [4.69, 9.17) is 0 Å². The van der Waals surface area contributed by atoms with Gasteiger partial charge in [-0.15, -0.1) is 0 Å². The maximum Gasteiger partial charge on any atom is 0.0268 e. The van der Waals surface area contributed by atoms with Gasteiger partial charge in [0.05, 0.1) is 0 Å². The third-order valence-electron chi connectivity index (χ3n) is 4.82. The zero-order valence-electron chi connectivity index (χ0n) is 13.7. The third kappa shape index (κ3) is 3.35. The minimum Gasteiger partial charge on any atom is -0.0921 e. The molecule has 0 nitrogen and oxygen atoms in total. The van der Waals surface area contributed by atoms with Crippen LogP contribution in [-0.4, -0.2) is 5.29 Å². The molecule has 0 N–H and O–H groups in total. The van der Waals surface area contributed by atoms with E-state index in [0.717, 1.165) is 0 Å². The van der Waals surface area contributed by atoms with Crippen LogP contribution in [0.2, 0.25) is 0 Å². The summed E-state index contributed by atoms with van der Waals surface area (Å²) in [5.41, 5.74) is 4.93. The van der Waals surface area contributed by atoms with Crippen LogP contribution in [0.1, 0.15) is 41.1 Å². The molecule has 1 heterocycles. The molecule has 0 aromatic heterocycles. The van der Waals surface area contributed by atoms with Crippen LogP contribution in [0.5, 0.6) is 0 Å². The van der Waals surface area contributed by atoms with E-state index in [0.29, 0.717) is 11.6 Å². The summed E-state index contributed by atoms with van der Waals surface area (Å²) in [6, 6.07) is 33.0. The van der Waals surface area contributed by atoms with Crippen molar-refractivity contribution >= 4 is 13.5 Å². The van der Waals surface area contributed by atoms with E-state index in [1.165, 1.54) is 37.7 Å². The number of benzene rings is 3. The minimum atomic E-state index is 0.584. The van der Waals surface area contributed by atoms with Gasteiger partial charge in [0.2, 0.25) is 0 Å². The van der Waals surface area contributed by atoms with E-state index in [2.05, 4.69) is 91.0 Å². The zero-order valence-corrected chi connectivity index (χ0v) is 14.6. The van der Waals surface area contributed by atoms with Crippen LogP contribution in [0, 0.1) is 0 Å². The van der Waals surface area contributed by atoms with Crippen LogP contribution in [0.3, 0.4) is 0 Å². The summed E-state index contributed by atoms with van der Waals surface area (Å²) in [5.74, 6) is 0.605. The smallest absolute Gasteiger partial charge is 0.0268 e. The van der Waals surface area contributed by atoms with Gasteiger partial charge in [-0.05, 0) is 40.7 Å². The molecule has 0 saturated heterocycles. The van der Waals surface area contributed by atoms with Crippen LogP contribution < -0.4 is 0 Å². The molecule has 0 spiro atoms. The molecular weight excluding hydrogens is 307 g/mol. The maximum atomic E-state index is 2.29. The van der Waals surface area contributed by atoms with Gasteiger partial charge in [-0.2, -0.15) is 0 Å². The highest BCUT2D eigenvalue weighted by Crippen LogP contribution is 2.45. The van der Waals surface area contributed by atoms with Crippen molar-refractivity contribution in [3.63, 3.8) is 0 Å². The third-order valence-corrected chi connectivity index (χ3v) is 6.39. The summed E-state index contributed by atoms with van der Waals surface area (Å²) in [4.78, 5) is 0. The molecule has 1 aliphatic heterocycles. The van der Waals surface area contributed by atoms with Crippen molar-refractivity contribution in [2.24, 2.45) is 0 Å². The van der Waals surface area contributed by atoms with Gasteiger partial charge < -0.3 is 0 Å². The SMILES string of the molecule is c1ccc(C2=PC(c3ccccc3)CC(c3ccccc3)C2)cc1. The largest absolute Gasteiger partial charge is 0.0921 e. The Labute approximate surface area is 146 Å². The highest BCUT2D eigenvalue weighted by molar-refractivity contribution is 7.42. The van der Waals surface area contributed by atoms with E-state index < -0.39 is 0 Å². The normalized spacial score (nSPS) is 21.1. The minimum absolute atomic E-state index is 0.584. The first kappa shape index (κ1) is 15.4. The lowest BCUT2D eigenvalue weighted by atomic mass is 9.86. The molecular formula is C23H21P. The molecule has 1 aliphatic rings. The topological polar surface area (TPSA) is 0 Å². The lowest BCUT2D eigenvalue weighted by Gasteiger charge is -2.29. The van der Waals surface area contributed by atoms with Crippen LogP contribution in [-0.2, 0) is 0 Å². The van der Waals surface area contributed by atoms with Gasteiger partial charge >= 0.3 is 0 Å². The molecule has 2 atom stereocenters. The summed E-state index contributed by atoms with van der Waals surface area (Å²) in [6.45, 7) is 0. The van der Waals surface area contributed by atoms with Gasteiger partial charge in [0.1, 0.15) is 0 Å². The molecule has 3 aromatic carbocycles. The van der Waals surface area contributed by atoms with Crippen LogP contribution in [0.15, 0.2) is 91.0 Å². The van der Waals surface area contributed by atoms with Gasteiger partial charge in [0, 0.05) is 5.66 Å². The Morgan fingerprint density at radius 3 is 1.79 bits per heavy atom. The van der Waals surface area contributed by atoms with Crippen molar-refractivity contribution in [1.29, 1.82) is 0 Å². The van der Waals surface area contributed by atoms with Crippen molar-refractivity contribution in [3.05, 3.63) is 108 Å². The highest BCUT2D eigenvalue weighted by Gasteiger charge is 2.25. The van der Waals surface area contributed by atoms with E-state index in [9.17, 15) is 0 Å². The van der Waals surface area contributed by atoms with Crippen molar-refractivity contribution in [1.82, 2.24) is 0 Å². The van der Waals surface area contributed by atoms with E-state index in [-0.39, 0.29) is 0 Å². The van der Waals surface area contributed by atoms with Crippen LogP contribution in [0.25, 0.3) is 0 Å². The Bertz CT molecular complexity index is 806. The molecule has 0 fully saturated rings. The first-order valence-electron chi connectivity index (χ1n) is 8.62. The van der Waals surface area contributed by atoms with Crippen LogP contribution in [0.4, 0.5) is 0 Å². The Morgan fingerprint density at radius 2 is 1.17 bits per heavy atom. The van der Waals surface area contributed by atoms with Crippen LogP contribution >= 0.6 is 8.20 Å². The number of hydrogen-bond donors (Lipinski definition) is 0. The summed E-state index contributed by atoms with van der Waals surface area (Å²) >= 11 is 0. The van der Waals surface area contributed by atoms with Crippen molar-refractivity contribution in [2.75, 3.05) is 0 Å². The average Bonchev–Trinajstić information content (AvgIpc) is 2.70. The fourth-order valence-electron chi connectivity index (χ4n) is 3.57. The average molecular weight is 328 g/mol. The highest BCUT2D eigenvalue weighted by atomic mass is 31.1. The van der Waals surface area contributed by atoms with Crippen molar-refractivity contribution in [3.8, 4) is 0 Å². The molecule has 3 aromatic rings. The monoisotopic (exact) mass is 328 g/mol. The Morgan fingerprint density at radius 1 is 0.625 bits per heavy atom. The van der Waals surface area contributed by atoms with E-state index in [1.54, 1.807) is 5.29 Å². The van der Waals surface area contributed by atoms with E-state index in [1.807, 2.05) is 0 Å². The second-order valence-electron chi connectivity index (χ2n) is 6.42. The first-order chi connectivity index (χ1) is 11.9. The molecule has 0 bridgehead atoms. The van der Waals surface area contributed by atoms with Crippen molar-refractivity contribution < 1.29 is 0 Å². The Kier molecular flexibility index (Phi) is 4.58. The summed E-state index contributed by atoms with van der Waals surface area (Å²) in [7, 11) is 1.47. The molecule has 1 heteroatoms. The van der Waals surface area contributed by atoms with Crippen molar-refractivity contribution in [2.45, 2.75) is 24.4 Å². The molecule has 2 unspecified atom stereocenters. The van der Waals surface area contributed by atoms with Gasteiger partial charge in [-0.1, -0.05) is 99.2 Å². The zero-order chi connectivity index (χ0) is 16.2. The summed E-state index contributed by atoms with van der Waals surface area (Å²) < 4.78 is 0. The molecule has 4 rings (SSSR count). The number of hydrogen-bond acceptors (Lipinski definition) is 0. The predicted octanol–water partition coefficient (Wildman–Crippen LogP) is 6.47. The van der Waals surface area contributed by atoms with Gasteiger partial charge in [0.15, 0.2) is 0 Å². The summed E-state index contributed by atoms with van der Waals surface area (Å²) in [5, 5.41) is 1.57. The molecule has 0 radical (unpaired) electrons. The second-order valence-corrected chi connectivity index (χ2v) is 7.84. The fraction of sp³-hybridized carbons (Fsp3) is 0.174. The van der Waals surface area contributed by atoms with Gasteiger partial charge in [-0.25, -0.2) is 0 Å². The standard InChI is InChI=1S/C23H21P/c1-4-10-18(11-5-1)21-16-22(19-12-6-2-7-13-19)24-23(17-21)20-14-8-3-9-15-20/h1-15,21-22H,16-17H2. The molecule has 0 saturated carbocycles. The summed E-state index contributed by atoms with van der Waals surface area (Å²) in [6.07, 6.45) is 2.39. The maximum absolute atomic E-state index is 2.29. The fourth-order valence-corrected chi connectivity index (χ4v) is 5.25. The van der Waals surface area contributed by atoms with E-state index >= 15 is 0 Å². The predicted molar refractivity (Wildman–Crippen MR) is 105 cm³/mol. The lowest BCUT2D eigenvalue weighted by Crippen LogP contribution is -2.14. The van der Waals surface area contributed by atoms with Gasteiger partial charge in [-0.3, -0.25) is 0 Å². The second kappa shape index (κ2) is 7.16. The lowest BCUT2D eigenvalue weighted by molar-refractivity contribution is 0.631. The molecule has 0 aliphatic carbocycles. The molecule has 24 heavy (non-hydrogen) atoms. The molecule has 118 valence electrons. The Hall–Kier alpha value is -2.17. The first-order valence-corrected chi connectivity index (χ1v) is 9.58.